The lowest BCUT2D eigenvalue weighted by atomic mass is 10.0. The van der Waals surface area contributed by atoms with Crippen molar-refractivity contribution in [3.8, 4) is 0 Å². The van der Waals surface area contributed by atoms with Crippen LogP contribution in [-0.2, 0) is 9.53 Å². The number of ether oxygens (including phenoxy) is 1. The van der Waals surface area contributed by atoms with E-state index in [1.165, 1.54) is 0 Å². The van der Waals surface area contributed by atoms with E-state index >= 15 is 0 Å². The van der Waals surface area contributed by atoms with Gasteiger partial charge in [-0.15, -0.1) is 0 Å². The average Bonchev–Trinajstić information content (AvgIpc) is 2.29. The SMILES string of the molecule is O=C(O)C(CO)NC1(O)OCC(O)C(O)C1O. The first-order chi connectivity index (χ1) is 7.81. The molecule has 0 aliphatic carbocycles. The molecule has 0 radical (unpaired) electrons. The van der Waals surface area contributed by atoms with Gasteiger partial charge in [-0.25, -0.2) is 5.32 Å². The highest BCUT2D eigenvalue weighted by Gasteiger charge is 2.50. The van der Waals surface area contributed by atoms with Crippen LogP contribution >= 0.6 is 0 Å². The number of hydrogen-bond acceptors (Lipinski definition) is 8. The van der Waals surface area contributed by atoms with Crippen LogP contribution in [0.15, 0.2) is 0 Å². The van der Waals surface area contributed by atoms with E-state index in [0.29, 0.717) is 0 Å². The molecule has 0 amide bonds. The number of carboxylic acids is 1. The van der Waals surface area contributed by atoms with Crippen molar-refractivity contribution in [3.63, 3.8) is 0 Å². The number of carbonyl (C=O) groups is 1. The van der Waals surface area contributed by atoms with Gasteiger partial charge in [0.1, 0.15) is 18.2 Å². The minimum atomic E-state index is -2.55. The molecule has 1 aliphatic rings. The topological polar surface area (TPSA) is 160 Å². The minimum Gasteiger partial charge on any atom is -0.480 e. The summed E-state index contributed by atoms with van der Waals surface area (Å²) in [6.45, 7) is -1.36. The molecule has 5 atom stereocenters. The van der Waals surface area contributed by atoms with E-state index in [9.17, 15) is 20.1 Å². The Morgan fingerprint density at radius 3 is 2.53 bits per heavy atom. The van der Waals surface area contributed by atoms with E-state index in [2.05, 4.69) is 4.74 Å². The third-order valence-corrected chi connectivity index (χ3v) is 2.45. The highest BCUT2D eigenvalue weighted by atomic mass is 16.7. The van der Waals surface area contributed by atoms with Gasteiger partial charge >= 0.3 is 5.97 Å². The van der Waals surface area contributed by atoms with Gasteiger partial charge in [0.2, 0.25) is 0 Å². The number of nitrogens with one attached hydrogen (secondary N) is 1. The molecule has 0 bridgehead atoms. The van der Waals surface area contributed by atoms with E-state index in [1.807, 2.05) is 5.32 Å². The fourth-order valence-electron chi connectivity index (χ4n) is 1.40. The Kier molecular flexibility index (Phi) is 4.38. The molecule has 1 heterocycles. The number of aliphatic hydroxyl groups excluding tert-OH is 4. The van der Waals surface area contributed by atoms with Crippen molar-refractivity contribution in [2.75, 3.05) is 13.2 Å². The molecule has 1 aliphatic heterocycles. The first-order valence-corrected chi connectivity index (χ1v) is 4.83. The van der Waals surface area contributed by atoms with E-state index < -0.39 is 49.4 Å². The van der Waals surface area contributed by atoms with Crippen molar-refractivity contribution in [2.24, 2.45) is 0 Å². The molecule has 1 fully saturated rings. The second-order valence-corrected chi connectivity index (χ2v) is 3.73. The quantitative estimate of drug-likeness (QED) is 0.246. The van der Waals surface area contributed by atoms with Crippen LogP contribution in [0.1, 0.15) is 0 Å². The van der Waals surface area contributed by atoms with Crippen LogP contribution in [0.4, 0.5) is 0 Å². The Bertz CT molecular complexity index is 287. The summed E-state index contributed by atoms with van der Waals surface area (Å²) in [6.07, 6.45) is -5.06. The van der Waals surface area contributed by atoms with Crippen LogP contribution in [0.2, 0.25) is 0 Å². The standard InChI is InChI=1S/C8H15NO8/c10-1-3(7(14)15)9-8(16)6(13)5(12)4(11)2-17-8/h3-6,9-13,16H,1-2H2,(H,14,15). The number of hydrogen-bond donors (Lipinski definition) is 7. The molecule has 9 nitrogen and oxygen atoms in total. The maximum atomic E-state index is 10.6. The van der Waals surface area contributed by atoms with Crippen LogP contribution in [0.3, 0.4) is 0 Å². The fourth-order valence-corrected chi connectivity index (χ4v) is 1.40. The maximum Gasteiger partial charge on any atom is 0.323 e. The molecule has 17 heavy (non-hydrogen) atoms. The number of rotatable bonds is 4. The van der Waals surface area contributed by atoms with Crippen molar-refractivity contribution >= 4 is 5.97 Å². The zero-order valence-electron chi connectivity index (χ0n) is 8.72. The molecule has 5 unspecified atom stereocenters. The van der Waals surface area contributed by atoms with Crippen molar-refractivity contribution in [3.05, 3.63) is 0 Å². The predicted octanol–water partition coefficient (Wildman–Crippen LogP) is -4.22. The summed E-state index contributed by atoms with van der Waals surface area (Å²) in [4.78, 5) is 10.6. The van der Waals surface area contributed by atoms with Crippen molar-refractivity contribution in [1.82, 2.24) is 5.32 Å². The molecule has 0 aromatic rings. The highest BCUT2D eigenvalue weighted by Crippen LogP contribution is 2.22. The van der Waals surface area contributed by atoms with Crippen LogP contribution < -0.4 is 5.32 Å². The zero-order valence-corrected chi connectivity index (χ0v) is 8.72. The molecule has 1 saturated heterocycles. The van der Waals surface area contributed by atoms with Crippen molar-refractivity contribution in [2.45, 2.75) is 30.3 Å². The Hall–Kier alpha value is -0.810. The summed E-state index contributed by atoms with van der Waals surface area (Å²) in [6, 6.07) is -1.59. The van der Waals surface area contributed by atoms with E-state index in [-0.39, 0.29) is 0 Å². The fraction of sp³-hybridized carbons (Fsp3) is 0.875. The third-order valence-electron chi connectivity index (χ3n) is 2.45. The third kappa shape index (κ3) is 2.90. The zero-order chi connectivity index (χ0) is 13.2. The van der Waals surface area contributed by atoms with Gasteiger partial charge in [0.05, 0.1) is 13.2 Å². The van der Waals surface area contributed by atoms with Crippen molar-refractivity contribution in [1.29, 1.82) is 0 Å². The first-order valence-electron chi connectivity index (χ1n) is 4.83. The highest BCUT2D eigenvalue weighted by molar-refractivity contribution is 5.73. The van der Waals surface area contributed by atoms with Gasteiger partial charge in [-0.3, -0.25) is 4.79 Å². The van der Waals surface area contributed by atoms with Crippen LogP contribution in [0, 0.1) is 0 Å². The smallest absolute Gasteiger partial charge is 0.323 e. The lowest BCUT2D eigenvalue weighted by Crippen LogP contribution is -2.70. The van der Waals surface area contributed by atoms with Gasteiger partial charge < -0.3 is 35.4 Å². The van der Waals surface area contributed by atoms with Crippen LogP contribution in [-0.4, -0.2) is 80.1 Å². The van der Waals surface area contributed by atoms with E-state index in [1.54, 1.807) is 0 Å². The summed E-state index contributed by atoms with van der Waals surface area (Å²) >= 11 is 0. The molecule has 1 rings (SSSR count). The van der Waals surface area contributed by atoms with E-state index in [0.717, 1.165) is 0 Å². The molecule has 0 spiro atoms. The lowest BCUT2D eigenvalue weighted by Gasteiger charge is -2.42. The second kappa shape index (κ2) is 5.23. The van der Waals surface area contributed by atoms with Crippen LogP contribution in [0.25, 0.3) is 0 Å². The number of carboxylic acid groups (broad SMARTS) is 1. The molecular formula is C8H15NO8. The van der Waals surface area contributed by atoms with Gasteiger partial charge in [-0.2, -0.15) is 0 Å². The normalized spacial score (nSPS) is 39.9. The number of aliphatic carboxylic acids is 1. The number of aliphatic hydroxyl groups is 5. The minimum absolute atomic E-state index is 0.501. The summed E-state index contributed by atoms with van der Waals surface area (Å²) < 4.78 is 4.65. The molecule has 0 aromatic carbocycles. The Morgan fingerprint density at radius 1 is 1.47 bits per heavy atom. The molecule has 0 aromatic heterocycles. The van der Waals surface area contributed by atoms with Gasteiger partial charge in [-0.1, -0.05) is 0 Å². The summed E-state index contributed by atoms with van der Waals surface area (Å²) in [5.41, 5.74) is 0. The van der Waals surface area contributed by atoms with Crippen LogP contribution in [0.5, 0.6) is 0 Å². The lowest BCUT2D eigenvalue weighted by molar-refractivity contribution is -0.337. The largest absolute Gasteiger partial charge is 0.480 e. The summed E-state index contributed by atoms with van der Waals surface area (Å²) in [5, 5.41) is 57.0. The summed E-state index contributed by atoms with van der Waals surface area (Å²) in [5.74, 6) is -4.03. The maximum absolute atomic E-state index is 10.6. The predicted molar refractivity (Wildman–Crippen MR) is 50.6 cm³/mol. The second-order valence-electron chi connectivity index (χ2n) is 3.73. The molecule has 7 N–H and O–H groups in total. The first kappa shape index (κ1) is 14.3. The average molecular weight is 253 g/mol. The van der Waals surface area contributed by atoms with Gasteiger partial charge in [-0.05, 0) is 0 Å². The summed E-state index contributed by atoms with van der Waals surface area (Å²) in [7, 11) is 0. The molecule has 100 valence electrons. The van der Waals surface area contributed by atoms with Gasteiger partial charge in [0.25, 0.3) is 5.91 Å². The van der Waals surface area contributed by atoms with Crippen molar-refractivity contribution < 1.29 is 40.2 Å². The molecule has 9 heteroatoms. The van der Waals surface area contributed by atoms with Gasteiger partial charge in [0, 0.05) is 0 Å². The van der Waals surface area contributed by atoms with E-state index in [4.69, 9.17) is 15.3 Å². The molecule has 0 saturated carbocycles. The molecular weight excluding hydrogens is 238 g/mol. The van der Waals surface area contributed by atoms with Gasteiger partial charge in [0.15, 0.2) is 6.10 Å². The Labute approximate surface area is 95.9 Å². The monoisotopic (exact) mass is 253 g/mol. The Balaban J connectivity index is 2.77. The Morgan fingerprint density at radius 2 is 2.06 bits per heavy atom.